The van der Waals surface area contributed by atoms with Gasteiger partial charge in [-0.1, -0.05) is 17.3 Å². The van der Waals surface area contributed by atoms with Crippen LogP contribution in [0.1, 0.15) is 49.7 Å². The molecule has 0 fully saturated rings. The van der Waals surface area contributed by atoms with Crippen molar-refractivity contribution in [1.29, 1.82) is 0 Å². The van der Waals surface area contributed by atoms with Crippen LogP contribution < -0.4 is 5.56 Å². The molecule has 0 saturated heterocycles. The van der Waals surface area contributed by atoms with Crippen molar-refractivity contribution in [3.63, 3.8) is 0 Å². The zero-order valence-electron chi connectivity index (χ0n) is 21.7. The molecule has 0 amide bonds. The van der Waals surface area contributed by atoms with E-state index < -0.39 is 17.4 Å². The van der Waals surface area contributed by atoms with Gasteiger partial charge in [0.2, 0.25) is 0 Å². The number of carbonyl (C=O) groups is 1. The predicted molar refractivity (Wildman–Crippen MR) is 147 cm³/mol. The Morgan fingerprint density at radius 2 is 1.93 bits per heavy atom. The van der Waals surface area contributed by atoms with Crippen molar-refractivity contribution in [2.75, 3.05) is 0 Å². The summed E-state index contributed by atoms with van der Waals surface area (Å²) in [7, 11) is 0. The highest BCUT2D eigenvalue weighted by Crippen LogP contribution is 2.36. The number of unbranched alkanes of at least 4 members (excludes halogenated alkanes) is 1. The van der Waals surface area contributed by atoms with Crippen molar-refractivity contribution < 1.29 is 19.1 Å². The number of aryl methyl sites for hydroxylation is 1. The summed E-state index contributed by atoms with van der Waals surface area (Å²) >= 11 is 0. The molecule has 1 atom stereocenters. The summed E-state index contributed by atoms with van der Waals surface area (Å²) in [5.74, 6) is -0.804. The van der Waals surface area contributed by atoms with Crippen LogP contribution in [-0.2, 0) is 21.7 Å². The summed E-state index contributed by atoms with van der Waals surface area (Å²) < 4.78 is 16.9. The molecule has 0 bridgehead atoms. The largest absolute Gasteiger partial charge is 0.481 e. The first-order chi connectivity index (χ1) is 19.3. The van der Waals surface area contributed by atoms with E-state index in [1.165, 1.54) is 28.8 Å². The van der Waals surface area contributed by atoms with Gasteiger partial charge in [0.15, 0.2) is 5.60 Å². The minimum absolute atomic E-state index is 0.0312. The van der Waals surface area contributed by atoms with Gasteiger partial charge in [0, 0.05) is 31.0 Å². The number of aliphatic carboxylic acids is 1. The summed E-state index contributed by atoms with van der Waals surface area (Å²) in [4.78, 5) is 35.3. The van der Waals surface area contributed by atoms with Crippen LogP contribution >= 0.6 is 0 Å². The Labute approximate surface area is 228 Å². The number of hydrogen-bond donors (Lipinski definition) is 1. The SMILES string of the molecule is C[C@@]1(c2cc3ccccn3n2)CC(c2ccc3c(=O)n(-c4ccc(F)cc4)c(CCCCC(=O)O)nc3c2)=NO1. The van der Waals surface area contributed by atoms with Gasteiger partial charge in [0.1, 0.15) is 17.3 Å². The number of benzene rings is 2. The Morgan fingerprint density at radius 3 is 2.70 bits per heavy atom. The van der Waals surface area contributed by atoms with E-state index in [4.69, 9.17) is 14.9 Å². The third kappa shape index (κ3) is 4.72. The molecule has 1 N–H and O–H groups in total. The van der Waals surface area contributed by atoms with Crippen LogP contribution in [0.3, 0.4) is 0 Å². The monoisotopic (exact) mass is 539 g/mol. The molecule has 10 heteroatoms. The van der Waals surface area contributed by atoms with E-state index >= 15 is 0 Å². The lowest BCUT2D eigenvalue weighted by Crippen LogP contribution is -2.24. The molecule has 0 unspecified atom stereocenters. The van der Waals surface area contributed by atoms with Gasteiger partial charge in [-0.05, 0) is 74.4 Å². The molecule has 2 aromatic carbocycles. The van der Waals surface area contributed by atoms with Gasteiger partial charge < -0.3 is 9.94 Å². The molecule has 5 aromatic rings. The van der Waals surface area contributed by atoms with Gasteiger partial charge >= 0.3 is 5.97 Å². The van der Waals surface area contributed by atoms with E-state index in [0.29, 0.717) is 53.8 Å². The molecule has 40 heavy (non-hydrogen) atoms. The van der Waals surface area contributed by atoms with E-state index in [1.54, 1.807) is 10.6 Å². The van der Waals surface area contributed by atoms with Crippen molar-refractivity contribution in [1.82, 2.24) is 19.2 Å². The van der Waals surface area contributed by atoms with Crippen molar-refractivity contribution in [3.8, 4) is 5.69 Å². The van der Waals surface area contributed by atoms with Gasteiger partial charge in [-0.15, -0.1) is 0 Å². The first-order valence-electron chi connectivity index (χ1n) is 13.0. The lowest BCUT2D eigenvalue weighted by atomic mass is 9.92. The maximum atomic E-state index is 13.7. The van der Waals surface area contributed by atoms with Crippen molar-refractivity contribution in [2.45, 2.75) is 44.6 Å². The highest BCUT2D eigenvalue weighted by Gasteiger charge is 2.39. The van der Waals surface area contributed by atoms with Crippen molar-refractivity contribution >= 4 is 28.1 Å². The molecule has 6 rings (SSSR count). The minimum Gasteiger partial charge on any atom is -0.481 e. The molecule has 202 valence electrons. The number of halogens is 1. The molecule has 3 aromatic heterocycles. The summed E-state index contributed by atoms with van der Waals surface area (Å²) in [5, 5.41) is 18.4. The van der Waals surface area contributed by atoms with E-state index in [0.717, 1.165) is 16.8 Å². The third-order valence-corrected chi connectivity index (χ3v) is 7.17. The number of pyridine rings is 1. The van der Waals surface area contributed by atoms with Crippen LogP contribution in [0.2, 0.25) is 0 Å². The molecule has 1 aliphatic rings. The number of fused-ring (bicyclic) bond motifs is 2. The fraction of sp³-hybridized carbons (Fsp3) is 0.233. The highest BCUT2D eigenvalue weighted by atomic mass is 19.1. The molecule has 0 spiro atoms. The van der Waals surface area contributed by atoms with Gasteiger partial charge in [-0.25, -0.2) is 13.9 Å². The maximum Gasteiger partial charge on any atom is 0.303 e. The molecular formula is C30H26FN5O4. The average molecular weight is 540 g/mol. The second-order valence-corrected chi connectivity index (χ2v) is 10.1. The molecule has 0 radical (unpaired) electrons. The van der Waals surface area contributed by atoms with Crippen LogP contribution in [-0.4, -0.2) is 36.0 Å². The number of carboxylic acid groups (broad SMARTS) is 1. The van der Waals surface area contributed by atoms with Gasteiger partial charge in [-0.2, -0.15) is 5.10 Å². The number of rotatable bonds is 8. The molecule has 0 aliphatic carbocycles. The summed E-state index contributed by atoms with van der Waals surface area (Å²) in [6.07, 6.45) is 3.76. The number of aromatic nitrogens is 4. The first-order valence-corrected chi connectivity index (χ1v) is 13.0. The Balaban J connectivity index is 1.34. The summed E-state index contributed by atoms with van der Waals surface area (Å²) in [5.41, 5.74) is 3.19. The molecule has 1 aliphatic heterocycles. The lowest BCUT2D eigenvalue weighted by Gasteiger charge is -2.18. The highest BCUT2D eigenvalue weighted by molar-refractivity contribution is 6.04. The Hall–Kier alpha value is -4.86. The van der Waals surface area contributed by atoms with Crippen LogP contribution in [0.25, 0.3) is 22.1 Å². The number of carboxylic acids is 1. The average Bonchev–Trinajstić information content (AvgIpc) is 3.57. The minimum atomic E-state index is -0.873. The zero-order chi connectivity index (χ0) is 27.9. The smallest absolute Gasteiger partial charge is 0.303 e. The quantitative estimate of drug-likeness (QED) is 0.278. The fourth-order valence-corrected chi connectivity index (χ4v) is 5.02. The summed E-state index contributed by atoms with van der Waals surface area (Å²) in [6, 6.07) is 18.8. The first kappa shape index (κ1) is 25.4. The molecule has 4 heterocycles. The van der Waals surface area contributed by atoms with Gasteiger partial charge in [0.05, 0.1) is 27.8 Å². The van der Waals surface area contributed by atoms with E-state index in [9.17, 15) is 14.0 Å². The van der Waals surface area contributed by atoms with Gasteiger partial charge in [0.25, 0.3) is 5.56 Å². The topological polar surface area (TPSA) is 111 Å². The van der Waals surface area contributed by atoms with Crippen LogP contribution in [0.15, 0.2) is 82.9 Å². The Morgan fingerprint density at radius 1 is 1.10 bits per heavy atom. The lowest BCUT2D eigenvalue weighted by molar-refractivity contribution is -0.137. The van der Waals surface area contributed by atoms with E-state index in [-0.39, 0.29) is 12.0 Å². The van der Waals surface area contributed by atoms with Gasteiger partial charge in [-0.3, -0.25) is 14.2 Å². The Kier molecular flexibility index (Phi) is 6.37. The molecule has 9 nitrogen and oxygen atoms in total. The van der Waals surface area contributed by atoms with Crippen molar-refractivity contribution in [3.05, 3.63) is 106 Å². The van der Waals surface area contributed by atoms with Crippen LogP contribution in [0, 0.1) is 5.82 Å². The maximum absolute atomic E-state index is 13.7. The predicted octanol–water partition coefficient (Wildman–Crippen LogP) is 5.01. The van der Waals surface area contributed by atoms with E-state index in [1.807, 2.05) is 49.5 Å². The van der Waals surface area contributed by atoms with E-state index in [2.05, 4.69) is 10.3 Å². The standard InChI is InChI=1S/C30H26FN5O4/c1-30(26-17-22-6-4-5-15-35(22)33-26)18-25(34-40-30)19-9-14-23-24(16-19)32-27(7-2-3-8-28(37)38)36(29(23)39)21-12-10-20(31)11-13-21/h4-6,9-17H,2-3,7-8,18H2,1H3,(H,37,38)/t30-/m0/s1. The summed E-state index contributed by atoms with van der Waals surface area (Å²) in [6.45, 7) is 1.95. The van der Waals surface area contributed by atoms with Crippen LogP contribution in [0.5, 0.6) is 0 Å². The molecule has 0 saturated carbocycles. The van der Waals surface area contributed by atoms with Crippen LogP contribution in [0.4, 0.5) is 4.39 Å². The normalized spacial score (nSPS) is 16.8. The second kappa shape index (κ2) is 10.0. The molecular weight excluding hydrogens is 513 g/mol. The fourth-order valence-electron chi connectivity index (χ4n) is 5.02. The number of nitrogens with zero attached hydrogens (tertiary/aromatic N) is 5. The van der Waals surface area contributed by atoms with Crippen molar-refractivity contribution in [2.24, 2.45) is 5.16 Å². The number of oxime groups is 1. The third-order valence-electron chi connectivity index (χ3n) is 7.17. The zero-order valence-corrected chi connectivity index (χ0v) is 21.7. The second-order valence-electron chi connectivity index (χ2n) is 10.1. The number of hydrogen-bond acceptors (Lipinski definition) is 6. The Bertz CT molecular complexity index is 1810.